The predicted molar refractivity (Wildman–Crippen MR) is 142 cm³/mol. The van der Waals surface area contributed by atoms with E-state index < -0.39 is 10.0 Å². The maximum absolute atomic E-state index is 13.3. The molecule has 4 aromatic rings. The van der Waals surface area contributed by atoms with Crippen LogP contribution in [-0.2, 0) is 10.0 Å². The molecule has 1 saturated heterocycles. The minimum Gasteiger partial charge on any atom is -0.480 e. The van der Waals surface area contributed by atoms with E-state index in [0.717, 1.165) is 52.4 Å². The fraction of sp³-hybridized carbons (Fsp3) is 0.280. The molecule has 0 atom stereocenters. The van der Waals surface area contributed by atoms with Gasteiger partial charge in [-0.2, -0.15) is 0 Å². The number of pyridine rings is 1. The number of nitrogens with one attached hydrogen (secondary N) is 2. The van der Waals surface area contributed by atoms with Crippen molar-refractivity contribution in [3.63, 3.8) is 0 Å². The molecular formula is C25H24N6O4S2. The van der Waals surface area contributed by atoms with Crippen LogP contribution in [0.3, 0.4) is 0 Å². The van der Waals surface area contributed by atoms with Gasteiger partial charge in [-0.15, -0.1) is 11.3 Å². The number of rotatable bonds is 1. The molecule has 7 rings (SSSR count). The molecule has 0 radical (unpaired) electrons. The van der Waals surface area contributed by atoms with Crippen LogP contribution >= 0.6 is 11.3 Å². The highest BCUT2D eigenvalue weighted by Gasteiger charge is 2.25. The second-order valence-electron chi connectivity index (χ2n) is 9.08. The third kappa shape index (κ3) is 4.46. The number of benzene rings is 1. The summed E-state index contributed by atoms with van der Waals surface area (Å²) in [5.74, 6) is 1.05. The number of nitrogens with zero attached hydrogens (tertiary/aromatic N) is 4. The predicted octanol–water partition coefficient (Wildman–Crippen LogP) is 3.52. The first kappa shape index (κ1) is 23.6. The van der Waals surface area contributed by atoms with Gasteiger partial charge in [-0.25, -0.2) is 23.4 Å². The van der Waals surface area contributed by atoms with E-state index in [1.807, 2.05) is 6.07 Å². The van der Waals surface area contributed by atoms with E-state index in [-0.39, 0.29) is 27.9 Å². The molecule has 1 aromatic carbocycles. The van der Waals surface area contributed by atoms with E-state index in [1.165, 1.54) is 19.2 Å². The van der Waals surface area contributed by atoms with Gasteiger partial charge in [-0.05, 0) is 49.1 Å². The number of hydrogen-bond acceptors (Lipinski definition) is 9. The Morgan fingerprint density at radius 1 is 1.08 bits per heavy atom. The van der Waals surface area contributed by atoms with Crippen LogP contribution in [0.4, 0.5) is 11.5 Å². The zero-order valence-corrected chi connectivity index (χ0v) is 21.6. The zero-order chi connectivity index (χ0) is 25.6. The summed E-state index contributed by atoms with van der Waals surface area (Å²) in [5, 5.41) is 2.98. The van der Waals surface area contributed by atoms with Crippen molar-refractivity contribution in [1.82, 2.24) is 20.3 Å². The molecule has 0 saturated carbocycles. The van der Waals surface area contributed by atoms with Crippen LogP contribution in [0.1, 0.15) is 23.2 Å². The second kappa shape index (κ2) is 9.27. The van der Waals surface area contributed by atoms with Crippen molar-refractivity contribution in [2.45, 2.75) is 17.7 Å². The fourth-order valence-corrected chi connectivity index (χ4v) is 6.93. The van der Waals surface area contributed by atoms with Gasteiger partial charge < -0.3 is 15.0 Å². The number of piperidine rings is 1. The largest absolute Gasteiger partial charge is 0.480 e. The number of carbonyl (C=O) groups is 1. The van der Waals surface area contributed by atoms with Gasteiger partial charge in [0.2, 0.25) is 5.88 Å². The number of ether oxygens (including phenoxy) is 1. The first-order chi connectivity index (χ1) is 17.9. The molecule has 2 N–H and O–H groups in total. The lowest BCUT2D eigenvalue weighted by Crippen LogP contribution is -2.39. The van der Waals surface area contributed by atoms with Gasteiger partial charge in [-0.3, -0.25) is 9.52 Å². The van der Waals surface area contributed by atoms with E-state index in [4.69, 9.17) is 4.74 Å². The van der Waals surface area contributed by atoms with Crippen LogP contribution in [0.25, 0.3) is 20.7 Å². The third-order valence-corrected chi connectivity index (χ3v) is 9.27. The summed E-state index contributed by atoms with van der Waals surface area (Å²) in [6.07, 6.45) is 5.04. The summed E-state index contributed by atoms with van der Waals surface area (Å²) < 4.78 is 35.5. The van der Waals surface area contributed by atoms with E-state index in [2.05, 4.69) is 29.9 Å². The molecule has 3 aliphatic heterocycles. The maximum atomic E-state index is 13.3. The van der Waals surface area contributed by atoms with Crippen LogP contribution in [-0.4, -0.2) is 56.0 Å². The van der Waals surface area contributed by atoms with E-state index in [1.54, 1.807) is 42.1 Å². The van der Waals surface area contributed by atoms with Gasteiger partial charge >= 0.3 is 0 Å². The summed E-state index contributed by atoms with van der Waals surface area (Å²) in [7, 11) is -2.60. The Labute approximate surface area is 217 Å². The Morgan fingerprint density at radius 3 is 2.73 bits per heavy atom. The molecule has 0 aliphatic carbocycles. The highest BCUT2D eigenvalue weighted by atomic mass is 32.2. The first-order valence-corrected chi connectivity index (χ1v) is 14.2. The number of thiophene rings is 1. The van der Waals surface area contributed by atoms with Crippen LogP contribution in [0.2, 0.25) is 0 Å². The summed E-state index contributed by atoms with van der Waals surface area (Å²) >= 11 is 1.55. The number of hydrogen-bond donors (Lipinski definition) is 2. The van der Waals surface area contributed by atoms with Gasteiger partial charge in [0, 0.05) is 41.8 Å². The molecule has 1 fully saturated rings. The molecule has 1 amide bonds. The van der Waals surface area contributed by atoms with Gasteiger partial charge in [0.15, 0.2) is 0 Å². The molecule has 3 aromatic heterocycles. The summed E-state index contributed by atoms with van der Waals surface area (Å²) in [6, 6.07) is 9.66. The Kier molecular flexibility index (Phi) is 5.92. The summed E-state index contributed by atoms with van der Waals surface area (Å²) in [5.41, 5.74) is 2.02. The highest BCUT2D eigenvalue weighted by Crippen LogP contribution is 2.39. The molecule has 0 unspecified atom stereocenters. The molecule has 190 valence electrons. The third-order valence-electron chi connectivity index (χ3n) is 6.74. The minimum atomic E-state index is -4.03. The summed E-state index contributed by atoms with van der Waals surface area (Å²) in [6.45, 7) is 2.18. The zero-order valence-electron chi connectivity index (χ0n) is 20.0. The lowest BCUT2D eigenvalue weighted by Gasteiger charge is -2.33. The molecule has 10 nitrogen and oxygen atoms in total. The molecule has 8 bridgehead atoms. The van der Waals surface area contributed by atoms with Crippen molar-refractivity contribution in [2.75, 3.05) is 36.4 Å². The highest BCUT2D eigenvalue weighted by molar-refractivity contribution is 7.92. The average Bonchev–Trinajstić information content (AvgIpc) is 3.36. The van der Waals surface area contributed by atoms with Crippen molar-refractivity contribution in [3.05, 3.63) is 54.5 Å². The topological polar surface area (TPSA) is 126 Å². The van der Waals surface area contributed by atoms with Gasteiger partial charge in [0.25, 0.3) is 15.9 Å². The van der Waals surface area contributed by atoms with Crippen molar-refractivity contribution in [2.24, 2.45) is 5.92 Å². The number of amides is 1. The minimum absolute atomic E-state index is 0.0272. The van der Waals surface area contributed by atoms with Crippen LogP contribution in [0.5, 0.6) is 5.88 Å². The van der Waals surface area contributed by atoms with Crippen LogP contribution in [0, 0.1) is 5.92 Å². The van der Waals surface area contributed by atoms with Crippen LogP contribution in [0.15, 0.2) is 53.8 Å². The SMILES string of the molecule is COc1ncc2cc1NS(=O)(=O)c1cccc(c1)C(=O)NCC1CCN(CC1)c1ncnc3cc-2sc13. The maximum Gasteiger partial charge on any atom is 0.262 e. The Hall–Kier alpha value is -3.77. The monoisotopic (exact) mass is 536 g/mol. The second-order valence-corrected chi connectivity index (χ2v) is 11.8. The number of anilines is 2. The Morgan fingerprint density at radius 2 is 1.92 bits per heavy atom. The molecule has 0 spiro atoms. The molecule has 12 heteroatoms. The van der Waals surface area contributed by atoms with E-state index in [9.17, 15) is 13.2 Å². The van der Waals surface area contributed by atoms with Crippen LogP contribution < -0.4 is 19.7 Å². The van der Waals surface area contributed by atoms with E-state index >= 15 is 0 Å². The van der Waals surface area contributed by atoms with Gasteiger partial charge in [0.05, 0.1) is 22.2 Å². The Bertz CT molecular complexity index is 1610. The standard InChI is InChI=1S/C25H24N6O4S2/c1-35-25-20-10-17(13-27-25)21-11-19-22(36-21)23(29-14-28-19)31-7-5-15(6-8-31)12-26-24(32)16-3-2-4-18(9-16)37(33,34)30-20/h2-4,9-11,13-15,30H,5-8,12H2,1H3,(H,26,32). The fourth-order valence-electron chi connectivity index (χ4n) is 4.73. The van der Waals surface area contributed by atoms with Crippen molar-refractivity contribution >= 4 is 49.0 Å². The first-order valence-electron chi connectivity index (χ1n) is 11.9. The van der Waals surface area contributed by atoms with E-state index in [0.29, 0.717) is 12.5 Å². The quantitative estimate of drug-likeness (QED) is 0.378. The van der Waals surface area contributed by atoms with Crippen molar-refractivity contribution in [1.29, 1.82) is 0 Å². The lowest BCUT2D eigenvalue weighted by molar-refractivity contribution is 0.0944. The summed E-state index contributed by atoms with van der Waals surface area (Å²) in [4.78, 5) is 29.4. The normalized spacial score (nSPS) is 17.5. The Balaban J connectivity index is 1.49. The number of methoxy groups -OCH3 is 1. The molecular weight excluding hydrogens is 512 g/mol. The van der Waals surface area contributed by atoms with Gasteiger partial charge in [-0.1, -0.05) is 6.07 Å². The lowest BCUT2D eigenvalue weighted by atomic mass is 9.96. The average molecular weight is 537 g/mol. The van der Waals surface area contributed by atoms with Crippen molar-refractivity contribution in [3.8, 4) is 16.3 Å². The number of carbonyl (C=O) groups excluding carboxylic acids is 1. The molecule has 3 aliphatic rings. The molecule has 37 heavy (non-hydrogen) atoms. The van der Waals surface area contributed by atoms with Crippen molar-refractivity contribution < 1.29 is 17.9 Å². The smallest absolute Gasteiger partial charge is 0.262 e. The number of fused-ring (bicyclic) bond motifs is 5. The van der Waals surface area contributed by atoms with Gasteiger partial charge in [0.1, 0.15) is 17.8 Å². The number of aromatic nitrogens is 3. The molecule has 6 heterocycles. The number of sulfonamides is 1.